The van der Waals surface area contributed by atoms with E-state index in [4.69, 9.17) is 4.74 Å². The molecular weight excluding hydrogens is 476 g/mol. The SMILES string of the molecule is CC(C)C(=O)Nc1ccc(-n2nc(OCc3ccc(F)cc3)nc2-c2ccc(C(F)(F)F)cc2)cc1. The van der Waals surface area contributed by atoms with E-state index in [0.29, 0.717) is 22.5 Å². The molecule has 0 saturated heterocycles. The molecule has 0 bridgehead atoms. The number of ether oxygens (including phenoxy) is 1. The Labute approximate surface area is 204 Å². The van der Waals surface area contributed by atoms with Crippen molar-refractivity contribution in [2.45, 2.75) is 26.6 Å². The second-order valence-corrected chi connectivity index (χ2v) is 8.31. The largest absolute Gasteiger partial charge is 0.457 e. The minimum absolute atomic E-state index is 0.00795. The Morgan fingerprint density at radius 3 is 2.19 bits per heavy atom. The molecule has 0 fully saturated rings. The molecule has 0 aliphatic carbocycles. The van der Waals surface area contributed by atoms with Crippen LogP contribution >= 0.6 is 0 Å². The monoisotopic (exact) mass is 498 g/mol. The van der Waals surface area contributed by atoms with E-state index in [0.717, 1.165) is 12.1 Å². The zero-order chi connectivity index (χ0) is 25.9. The van der Waals surface area contributed by atoms with Crippen LogP contribution in [0.15, 0.2) is 72.8 Å². The fraction of sp³-hybridized carbons (Fsp3) is 0.192. The van der Waals surface area contributed by atoms with E-state index in [1.807, 2.05) is 0 Å². The Morgan fingerprint density at radius 1 is 0.972 bits per heavy atom. The minimum atomic E-state index is -4.47. The summed E-state index contributed by atoms with van der Waals surface area (Å²) in [5, 5.41) is 7.17. The average Bonchev–Trinajstić information content (AvgIpc) is 3.28. The van der Waals surface area contributed by atoms with Crippen LogP contribution in [0.25, 0.3) is 17.1 Å². The zero-order valence-corrected chi connectivity index (χ0v) is 19.4. The van der Waals surface area contributed by atoms with Gasteiger partial charge in [0.05, 0.1) is 11.3 Å². The number of aromatic nitrogens is 3. The molecule has 0 aliphatic rings. The normalized spacial score (nSPS) is 11.5. The summed E-state index contributed by atoms with van der Waals surface area (Å²) < 4.78 is 59.4. The Morgan fingerprint density at radius 2 is 1.61 bits per heavy atom. The molecule has 1 aromatic heterocycles. The van der Waals surface area contributed by atoms with Crippen molar-refractivity contribution >= 4 is 11.6 Å². The van der Waals surface area contributed by atoms with E-state index < -0.39 is 11.7 Å². The molecule has 186 valence electrons. The Kier molecular flexibility index (Phi) is 7.05. The predicted octanol–water partition coefficient (Wildman–Crippen LogP) is 6.27. The number of nitrogens with one attached hydrogen (secondary N) is 1. The van der Waals surface area contributed by atoms with Crippen LogP contribution in [-0.2, 0) is 17.6 Å². The van der Waals surface area contributed by atoms with E-state index >= 15 is 0 Å². The first-order valence-corrected chi connectivity index (χ1v) is 11.0. The molecule has 4 rings (SSSR count). The van der Waals surface area contributed by atoms with Crippen molar-refractivity contribution in [1.82, 2.24) is 14.8 Å². The molecule has 0 unspecified atom stereocenters. The van der Waals surface area contributed by atoms with E-state index in [1.165, 1.54) is 28.9 Å². The summed E-state index contributed by atoms with van der Waals surface area (Å²) in [5.41, 5.74) is 1.44. The first-order chi connectivity index (χ1) is 17.1. The van der Waals surface area contributed by atoms with Crippen LogP contribution in [0, 0.1) is 11.7 Å². The molecule has 1 N–H and O–H groups in total. The van der Waals surface area contributed by atoms with Crippen molar-refractivity contribution in [3.63, 3.8) is 0 Å². The summed E-state index contributed by atoms with van der Waals surface area (Å²) in [6, 6.07) is 17.1. The Hall–Kier alpha value is -4.21. The van der Waals surface area contributed by atoms with Crippen LogP contribution in [0.5, 0.6) is 6.01 Å². The highest BCUT2D eigenvalue weighted by molar-refractivity contribution is 5.92. The van der Waals surface area contributed by atoms with Gasteiger partial charge in [0, 0.05) is 17.2 Å². The van der Waals surface area contributed by atoms with Gasteiger partial charge in [0.1, 0.15) is 12.4 Å². The molecule has 0 atom stereocenters. The smallest absolute Gasteiger partial charge is 0.416 e. The van der Waals surface area contributed by atoms with Gasteiger partial charge in [-0.2, -0.15) is 18.2 Å². The lowest BCUT2D eigenvalue weighted by Gasteiger charge is -2.10. The third-order valence-electron chi connectivity index (χ3n) is 5.24. The lowest BCUT2D eigenvalue weighted by molar-refractivity contribution is -0.137. The third kappa shape index (κ3) is 5.88. The summed E-state index contributed by atoms with van der Waals surface area (Å²) in [5.74, 6) is -0.437. The van der Waals surface area contributed by atoms with Gasteiger partial charge in [-0.3, -0.25) is 4.79 Å². The lowest BCUT2D eigenvalue weighted by Crippen LogP contribution is -2.17. The van der Waals surface area contributed by atoms with Gasteiger partial charge in [-0.05, 0) is 54.1 Å². The summed E-state index contributed by atoms with van der Waals surface area (Å²) in [7, 11) is 0. The van der Waals surface area contributed by atoms with Crippen LogP contribution in [0.1, 0.15) is 25.0 Å². The molecule has 6 nitrogen and oxygen atoms in total. The maximum Gasteiger partial charge on any atom is 0.416 e. The van der Waals surface area contributed by atoms with Gasteiger partial charge in [0.25, 0.3) is 0 Å². The third-order valence-corrected chi connectivity index (χ3v) is 5.24. The van der Waals surface area contributed by atoms with Gasteiger partial charge in [-0.25, -0.2) is 9.07 Å². The van der Waals surface area contributed by atoms with Crippen LogP contribution in [-0.4, -0.2) is 20.7 Å². The quantitative estimate of drug-likeness (QED) is 0.305. The number of rotatable bonds is 7. The zero-order valence-electron chi connectivity index (χ0n) is 19.4. The van der Waals surface area contributed by atoms with Crippen LogP contribution in [0.2, 0.25) is 0 Å². The second kappa shape index (κ2) is 10.2. The molecule has 36 heavy (non-hydrogen) atoms. The summed E-state index contributed by atoms with van der Waals surface area (Å²) >= 11 is 0. The number of anilines is 1. The maximum atomic E-state index is 13.2. The summed E-state index contributed by atoms with van der Waals surface area (Å²) in [6.07, 6.45) is -4.47. The number of halogens is 4. The van der Waals surface area contributed by atoms with Crippen LogP contribution in [0.4, 0.5) is 23.2 Å². The maximum absolute atomic E-state index is 13.2. The predicted molar refractivity (Wildman–Crippen MR) is 126 cm³/mol. The van der Waals surface area contributed by atoms with Crippen molar-refractivity contribution < 1.29 is 27.1 Å². The van der Waals surface area contributed by atoms with E-state index in [-0.39, 0.29) is 36.1 Å². The van der Waals surface area contributed by atoms with Gasteiger partial charge < -0.3 is 10.1 Å². The number of carbonyl (C=O) groups excluding carboxylic acids is 1. The highest BCUT2D eigenvalue weighted by Crippen LogP contribution is 2.31. The van der Waals surface area contributed by atoms with Gasteiger partial charge in [0.2, 0.25) is 5.91 Å². The Bertz CT molecular complexity index is 1330. The highest BCUT2D eigenvalue weighted by atomic mass is 19.4. The van der Waals surface area contributed by atoms with E-state index in [1.54, 1.807) is 50.2 Å². The van der Waals surface area contributed by atoms with Crippen molar-refractivity contribution in [3.05, 3.63) is 89.7 Å². The van der Waals surface area contributed by atoms with Gasteiger partial charge in [-0.15, -0.1) is 5.10 Å². The van der Waals surface area contributed by atoms with Gasteiger partial charge in [0.15, 0.2) is 5.82 Å². The van der Waals surface area contributed by atoms with E-state index in [2.05, 4.69) is 15.4 Å². The number of hydrogen-bond acceptors (Lipinski definition) is 4. The molecule has 10 heteroatoms. The average molecular weight is 498 g/mol. The molecular formula is C26H22F4N4O2. The first-order valence-electron chi connectivity index (χ1n) is 11.0. The van der Waals surface area contributed by atoms with Crippen molar-refractivity contribution in [2.75, 3.05) is 5.32 Å². The van der Waals surface area contributed by atoms with Crippen LogP contribution < -0.4 is 10.1 Å². The highest BCUT2D eigenvalue weighted by Gasteiger charge is 2.30. The first kappa shape index (κ1) is 24.9. The fourth-order valence-corrected chi connectivity index (χ4v) is 3.23. The minimum Gasteiger partial charge on any atom is -0.457 e. The van der Waals surface area contributed by atoms with Gasteiger partial charge >= 0.3 is 12.2 Å². The van der Waals surface area contributed by atoms with Crippen molar-refractivity contribution in [2.24, 2.45) is 5.92 Å². The molecule has 0 saturated carbocycles. The van der Waals surface area contributed by atoms with E-state index in [9.17, 15) is 22.4 Å². The number of alkyl halides is 3. The molecule has 0 spiro atoms. The standard InChI is InChI=1S/C26H22F4N4O2/c1-16(2)24(35)31-21-11-13-22(14-12-21)34-23(18-5-7-19(8-6-18)26(28,29)30)32-25(33-34)36-15-17-3-9-20(27)10-4-17/h3-14,16H,15H2,1-2H3,(H,31,35). The van der Waals surface area contributed by atoms with Crippen LogP contribution in [0.3, 0.4) is 0 Å². The summed E-state index contributed by atoms with van der Waals surface area (Å²) in [4.78, 5) is 16.3. The fourth-order valence-electron chi connectivity index (χ4n) is 3.23. The second-order valence-electron chi connectivity index (χ2n) is 8.31. The molecule has 0 aliphatic heterocycles. The Balaban J connectivity index is 1.65. The number of amides is 1. The molecule has 1 heterocycles. The molecule has 4 aromatic rings. The number of carbonyl (C=O) groups is 1. The number of hydrogen-bond donors (Lipinski definition) is 1. The lowest BCUT2D eigenvalue weighted by atomic mass is 10.1. The number of benzene rings is 3. The van der Waals surface area contributed by atoms with Crippen molar-refractivity contribution in [3.8, 4) is 23.1 Å². The van der Waals surface area contributed by atoms with Gasteiger partial charge in [-0.1, -0.05) is 38.1 Å². The number of nitrogens with zero attached hydrogens (tertiary/aromatic N) is 3. The molecule has 0 radical (unpaired) electrons. The topological polar surface area (TPSA) is 69.0 Å². The van der Waals surface area contributed by atoms with Crippen molar-refractivity contribution in [1.29, 1.82) is 0 Å². The molecule has 1 amide bonds. The summed E-state index contributed by atoms with van der Waals surface area (Å²) in [6.45, 7) is 3.63. The molecule has 3 aromatic carbocycles.